The van der Waals surface area contributed by atoms with E-state index in [2.05, 4.69) is 34.7 Å². The third-order valence-corrected chi connectivity index (χ3v) is 5.52. The molecule has 3 N–H and O–H groups in total. The zero-order valence-corrected chi connectivity index (χ0v) is 13.3. The zero-order valence-electron chi connectivity index (χ0n) is 12.5. The molecule has 21 heavy (non-hydrogen) atoms. The molecular weight excluding hydrogens is 282 g/mol. The number of amides is 1. The van der Waals surface area contributed by atoms with Gasteiger partial charge in [0, 0.05) is 48.2 Å². The van der Waals surface area contributed by atoms with Gasteiger partial charge in [-0.05, 0) is 37.1 Å². The van der Waals surface area contributed by atoms with E-state index in [4.69, 9.17) is 5.73 Å². The molecule has 1 amide bonds. The minimum absolute atomic E-state index is 0.219. The van der Waals surface area contributed by atoms with Crippen molar-refractivity contribution < 1.29 is 4.79 Å². The Morgan fingerprint density at radius 1 is 1.43 bits per heavy atom. The van der Waals surface area contributed by atoms with Gasteiger partial charge < -0.3 is 16.0 Å². The van der Waals surface area contributed by atoms with Crippen molar-refractivity contribution in [1.82, 2.24) is 5.32 Å². The molecule has 2 atom stereocenters. The quantitative estimate of drug-likeness (QED) is 0.838. The van der Waals surface area contributed by atoms with Gasteiger partial charge in [0.15, 0.2) is 0 Å². The highest BCUT2D eigenvalue weighted by Crippen LogP contribution is 2.33. The fraction of sp³-hybridized carbons (Fsp3) is 0.562. The second kappa shape index (κ2) is 6.28. The highest BCUT2D eigenvalue weighted by Gasteiger charge is 2.34. The Morgan fingerprint density at radius 2 is 2.29 bits per heavy atom. The van der Waals surface area contributed by atoms with Gasteiger partial charge in [0.05, 0.1) is 0 Å². The van der Waals surface area contributed by atoms with E-state index in [0.717, 1.165) is 25.9 Å². The zero-order chi connectivity index (χ0) is 14.8. The van der Waals surface area contributed by atoms with E-state index >= 15 is 0 Å². The summed E-state index contributed by atoms with van der Waals surface area (Å²) in [5.41, 5.74) is 8.52. The maximum Gasteiger partial charge on any atom is 0.220 e. The van der Waals surface area contributed by atoms with Gasteiger partial charge in [-0.2, -0.15) is 0 Å². The molecule has 0 aromatic heterocycles. The summed E-state index contributed by atoms with van der Waals surface area (Å²) in [4.78, 5) is 15.2. The Kier molecular flexibility index (Phi) is 4.40. The molecule has 114 valence electrons. The van der Waals surface area contributed by atoms with Crippen LogP contribution in [-0.2, 0) is 11.3 Å². The van der Waals surface area contributed by atoms with Crippen molar-refractivity contribution in [3.8, 4) is 0 Å². The maximum absolute atomic E-state index is 11.5. The second-order valence-electron chi connectivity index (χ2n) is 5.87. The molecule has 1 aromatic carbocycles. The van der Waals surface area contributed by atoms with Gasteiger partial charge in [-0.1, -0.05) is 6.07 Å². The number of nitrogens with one attached hydrogen (secondary N) is 1. The van der Waals surface area contributed by atoms with Crippen LogP contribution in [0.15, 0.2) is 23.1 Å². The first-order valence-electron chi connectivity index (χ1n) is 7.63. The summed E-state index contributed by atoms with van der Waals surface area (Å²) in [7, 11) is 0. The van der Waals surface area contributed by atoms with Gasteiger partial charge in [-0.25, -0.2) is 0 Å². The lowest BCUT2D eigenvalue weighted by molar-refractivity contribution is -0.124. The predicted octanol–water partition coefficient (Wildman–Crippen LogP) is 1.97. The number of hydrogen-bond donors (Lipinski definition) is 2. The van der Waals surface area contributed by atoms with Crippen LogP contribution in [0.5, 0.6) is 0 Å². The van der Waals surface area contributed by atoms with Crippen LogP contribution in [0.3, 0.4) is 0 Å². The average molecular weight is 305 g/mol. The lowest BCUT2D eigenvalue weighted by Crippen LogP contribution is -2.54. The standard InChI is InChI=1S/C16H23N3OS/c1-21-15-4-2-3-14(12(15)9-17)19-8-7-13-11(10-19)5-6-16(20)18-13/h2-4,11,13H,5-10,17H2,1H3,(H,18,20). The highest BCUT2D eigenvalue weighted by molar-refractivity contribution is 7.98. The number of anilines is 1. The first-order valence-corrected chi connectivity index (χ1v) is 8.85. The van der Waals surface area contributed by atoms with Gasteiger partial charge in [-0.15, -0.1) is 11.8 Å². The molecule has 2 fully saturated rings. The normalized spacial score (nSPS) is 25.4. The van der Waals surface area contributed by atoms with Gasteiger partial charge >= 0.3 is 0 Å². The van der Waals surface area contributed by atoms with Crippen LogP contribution < -0.4 is 16.0 Å². The number of thioether (sulfide) groups is 1. The van der Waals surface area contributed by atoms with E-state index in [9.17, 15) is 4.79 Å². The fourth-order valence-corrected chi connectivity index (χ4v) is 4.22. The Balaban J connectivity index is 1.81. The summed E-state index contributed by atoms with van der Waals surface area (Å²) >= 11 is 1.76. The number of carbonyl (C=O) groups is 1. The summed E-state index contributed by atoms with van der Waals surface area (Å²) in [6.45, 7) is 2.59. The molecule has 0 radical (unpaired) electrons. The Bertz CT molecular complexity index is 534. The molecule has 2 saturated heterocycles. The van der Waals surface area contributed by atoms with E-state index in [1.807, 2.05) is 0 Å². The lowest BCUT2D eigenvalue weighted by Gasteiger charge is -2.43. The number of piperidine rings is 2. The van der Waals surface area contributed by atoms with Gasteiger partial charge in [-0.3, -0.25) is 4.79 Å². The minimum atomic E-state index is 0.219. The molecule has 2 aliphatic heterocycles. The van der Waals surface area contributed by atoms with E-state index in [-0.39, 0.29) is 5.91 Å². The number of benzene rings is 1. The van der Waals surface area contributed by atoms with E-state index in [0.29, 0.717) is 24.9 Å². The van der Waals surface area contributed by atoms with Crippen molar-refractivity contribution in [3.05, 3.63) is 23.8 Å². The molecule has 0 bridgehead atoms. The Hall–Kier alpha value is -1.20. The van der Waals surface area contributed by atoms with Crippen LogP contribution in [0, 0.1) is 5.92 Å². The van der Waals surface area contributed by atoms with Crippen LogP contribution in [0.4, 0.5) is 5.69 Å². The first-order chi connectivity index (χ1) is 10.2. The number of nitrogens with zero attached hydrogens (tertiary/aromatic N) is 1. The molecule has 4 nitrogen and oxygen atoms in total. The highest BCUT2D eigenvalue weighted by atomic mass is 32.2. The minimum Gasteiger partial charge on any atom is -0.371 e. The summed E-state index contributed by atoms with van der Waals surface area (Å²) in [5.74, 6) is 0.789. The lowest BCUT2D eigenvalue weighted by atomic mass is 9.85. The van der Waals surface area contributed by atoms with Crippen molar-refractivity contribution in [3.63, 3.8) is 0 Å². The summed E-state index contributed by atoms with van der Waals surface area (Å²) in [6.07, 6.45) is 4.81. The smallest absolute Gasteiger partial charge is 0.220 e. The topological polar surface area (TPSA) is 58.4 Å². The summed E-state index contributed by atoms with van der Waals surface area (Å²) in [5, 5.41) is 3.15. The first kappa shape index (κ1) is 14.7. The summed E-state index contributed by atoms with van der Waals surface area (Å²) < 4.78 is 0. The predicted molar refractivity (Wildman–Crippen MR) is 87.6 cm³/mol. The van der Waals surface area contributed by atoms with Crippen molar-refractivity contribution in [2.45, 2.75) is 36.7 Å². The third-order valence-electron chi connectivity index (χ3n) is 4.70. The largest absolute Gasteiger partial charge is 0.371 e. The Morgan fingerprint density at radius 3 is 3.05 bits per heavy atom. The maximum atomic E-state index is 11.5. The average Bonchev–Trinajstić information content (AvgIpc) is 2.53. The van der Waals surface area contributed by atoms with E-state index in [1.54, 1.807) is 11.8 Å². The number of hydrogen-bond acceptors (Lipinski definition) is 4. The van der Waals surface area contributed by atoms with Crippen LogP contribution in [-0.4, -0.2) is 31.3 Å². The molecule has 3 rings (SSSR count). The SMILES string of the molecule is CSc1cccc(N2CCC3NC(=O)CCC3C2)c1CN. The molecule has 1 aromatic rings. The molecule has 5 heteroatoms. The number of fused-ring (bicyclic) bond motifs is 1. The molecule has 2 heterocycles. The Labute approximate surface area is 130 Å². The van der Waals surface area contributed by atoms with E-state index < -0.39 is 0 Å². The second-order valence-corrected chi connectivity index (χ2v) is 6.72. The van der Waals surface area contributed by atoms with Crippen LogP contribution >= 0.6 is 11.8 Å². The van der Waals surface area contributed by atoms with Crippen molar-refractivity contribution in [1.29, 1.82) is 0 Å². The number of nitrogens with two attached hydrogens (primary N) is 1. The van der Waals surface area contributed by atoms with Gasteiger partial charge in [0.1, 0.15) is 0 Å². The molecule has 0 saturated carbocycles. The monoisotopic (exact) mass is 305 g/mol. The van der Waals surface area contributed by atoms with E-state index in [1.165, 1.54) is 16.1 Å². The molecule has 2 aliphatic rings. The van der Waals surface area contributed by atoms with Crippen LogP contribution in [0.2, 0.25) is 0 Å². The van der Waals surface area contributed by atoms with Crippen molar-refractivity contribution in [2.24, 2.45) is 11.7 Å². The third kappa shape index (κ3) is 2.90. The van der Waals surface area contributed by atoms with Crippen LogP contribution in [0.25, 0.3) is 0 Å². The number of rotatable bonds is 3. The molecule has 0 spiro atoms. The number of carbonyl (C=O) groups excluding carboxylic acids is 1. The van der Waals surface area contributed by atoms with Crippen molar-refractivity contribution >= 4 is 23.4 Å². The summed E-state index contributed by atoms with van der Waals surface area (Å²) in [6, 6.07) is 6.82. The van der Waals surface area contributed by atoms with Crippen molar-refractivity contribution in [2.75, 3.05) is 24.2 Å². The van der Waals surface area contributed by atoms with Gasteiger partial charge in [0.2, 0.25) is 5.91 Å². The molecule has 0 aliphatic carbocycles. The fourth-order valence-electron chi connectivity index (χ4n) is 3.58. The molecule has 2 unspecified atom stereocenters. The van der Waals surface area contributed by atoms with Crippen LogP contribution in [0.1, 0.15) is 24.8 Å². The molecular formula is C16H23N3OS. The van der Waals surface area contributed by atoms with Gasteiger partial charge in [0.25, 0.3) is 0 Å².